The third-order valence-corrected chi connectivity index (χ3v) is 8.56. The van der Waals surface area contributed by atoms with E-state index in [0.717, 1.165) is 20.5 Å². The summed E-state index contributed by atoms with van der Waals surface area (Å²) in [6.45, 7) is 5.79. The molecule has 0 bridgehead atoms. The van der Waals surface area contributed by atoms with Crippen LogP contribution in [-0.4, -0.2) is 79.4 Å². The van der Waals surface area contributed by atoms with Crippen LogP contribution in [-0.2, 0) is 14.9 Å². The molecule has 4 heterocycles. The number of hydrogen-bond acceptors (Lipinski definition) is 10. The van der Waals surface area contributed by atoms with Crippen molar-refractivity contribution in [3.05, 3.63) is 48.1 Å². The van der Waals surface area contributed by atoms with Crippen molar-refractivity contribution in [2.24, 2.45) is 0 Å². The summed E-state index contributed by atoms with van der Waals surface area (Å²) in [5.74, 6) is 0.454. The van der Waals surface area contributed by atoms with E-state index in [1.54, 1.807) is 51.2 Å². The Hall–Kier alpha value is -3.75. The van der Waals surface area contributed by atoms with Gasteiger partial charge in [-0.2, -0.15) is 17.0 Å². The fraction of sp³-hybridized carbons (Fsp3) is 0.385. The molecule has 5 rings (SSSR count). The fourth-order valence-electron chi connectivity index (χ4n) is 4.24. The van der Waals surface area contributed by atoms with Crippen molar-refractivity contribution in [3.8, 4) is 28.4 Å². The van der Waals surface area contributed by atoms with Gasteiger partial charge in [0.15, 0.2) is 4.96 Å². The number of benzene rings is 1. The van der Waals surface area contributed by atoms with Gasteiger partial charge in [0.2, 0.25) is 5.95 Å². The highest BCUT2D eigenvalue weighted by Crippen LogP contribution is 2.34. The molecule has 1 saturated heterocycles. The van der Waals surface area contributed by atoms with Crippen molar-refractivity contribution in [2.45, 2.75) is 40.2 Å². The Bertz CT molecular complexity index is 1610. The molecule has 12 nitrogen and oxygen atoms in total. The van der Waals surface area contributed by atoms with Gasteiger partial charge in [-0.05, 0) is 45.4 Å². The van der Waals surface area contributed by atoms with Crippen LogP contribution in [0.4, 0.5) is 10.7 Å². The molecule has 1 fully saturated rings. The van der Waals surface area contributed by atoms with E-state index in [4.69, 9.17) is 9.72 Å². The van der Waals surface area contributed by atoms with Gasteiger partial charge in [-0.1, -0.05) is 19.6 Å². The lowest BCUT2D eigenvalue weighted by molar-refractivity contribution is 0.0364. The summed E-state index contributed by atoms with van der Waals surface area (Å²) in [5, 5.41) is 15.0. The van der Waals surface area contributed by atoms with Crippen molar-refractivity contribution in [3.63, 3.8) is 0 Å². The van der Waals surface area contributed by atoms with E-state index in [2.05, 4.69) is 15.3 Å². The number of hydrogen-bond donors (Lipinski definition) is 2. The summed E-state index contributed by atoms with van der Waals surface area (Å²) in [7, 11) is -4.01. The molecule has 1 aliphatic heterocycles. The zero-order chi connectivity index (χ0) is 27.8. The number of rotatable bonds is 6. The lowest BCUT2D eigenvalue weighted by atomic mass is 10.1. The molecule has 14 heteroatoms. The molecular weight excluding hydrogens is 554 g/mol. The monoisotopic (exact) mass is 587 g/mol. The quantitative estimate of drug-likeness (QED) is 0.334. The SMILES string of the molecule is C.CC(C)(C)OC(=O)N1CCCN(CCNc2nccc(-c3c(-c4cccc(O)c4)nc4sccn34)n2)S1(=O)=O. The van der Waals surface area contributed by atoms with Gasteiger partial charge in [-0.25, -0.2) is 19.7 Å². The Kier molecular flexibility index (Phi) is 8.33. The van der Waals surface area contributed by atoms with Gasteiger partial charge in [0.25, 0.3) is 0 Å². The van der Waals surface area contributed by atoms with Gasteiger partial charge in [0, 0.05) is 49.5 Å². The Balaban J connectivity index is 0.00000370. The number of nitrogens with zero attached hydrogens (tertiary/aromatic N) is 6. The normalized spacial score (nSPS) is 15.5. The number of carbonyl (C=O) groups excluding carboxylic acids is 1. The van der Waals surface area contributed by atoms with Crippen molar-refractivity contribution in [1.82, 2.24) is 28.0 Å². The molecule has 0 unspecified atom stereocenters. The van der Waals surface area contributed by atoms with Crippen LogP contribution in [0.15, 0.2) is 48.1 Å². The number of aromatic nitrogens is 4. The maximum atomic E-state index is 13.1. The van der Waals surface area contributed by atoms with Gasteiger partial charge >= 0.3 is 16.3 Å². The van der Waals surface area contributed by atoms with Crippen molar-refractivity contribution in [1.29, 1.82) is 0 Å². The number of phenols is 1. The van der Waals surface area contributed by atoms with E-state index in [9.17, 15) is 18.3 Å². The maximum Gasteiger partial charge on any atom is 0.425 e. The topological polar surface area (TPSA) is 142 Å². The minimum atomic E-state index is -4.01. The number of thiazole rings is 1. The summed E-state index contributed by atoms with van der Waals surface area (Å²) < 4.78 is 35.4. The Morgan fingerprint density at radius 1 is 1.20 bits per heavy atom. The number of ether oxygens (including phenoxy) is 1. The molecule has 40 heavy (non-hydrogen) atoms. The molecule has 1 aliphatic rings. The number of amides is 1. The highest BCUT2D eigenvalue weighted by atomic mass is 32.2. The van der Waals surface area contributed by atoms with E-state index in [1.807, 2.05) is 22.0 Å². The molecule has 0 atom stereocenters. The van der Waals surface area contributed by atoms with Crippen molar-refractivity contribution < 1.29 is 23.1 Å². The number of nitrogens with one attached hydrogen (secondary N) is 1. The first-order chi connectivity index (χ1) is 18.5. The Morgan fingerprint density at radius 3 is 2.75 bits per heavy atom. The number of phenolic OH excluding ortho intramolecular Hbond substituents is 1. The second-order valence-electron chi connectivity index (χ2n) is 9.92. The second kappa shape index (κ2) is 11.4. The van der Waals surface area contributed by atoms with Crippen LogP contribution in [0.5, 0.6) is 5.75 Å². The van der Waals surface area contributed by atoms with E-state index in [1.165, 1.54) is 15.6 Å². The van der Waals surface area contributed by atoms with Crippen LogP contribution < -0.4 is 5.32 Å². The maximum absolute atomic E-state index is 13.1. The van der Waals surface area contributed by atoms with E-state index in [0.29, 0.717) is 30.3 Å². The van der Waals surface area contributed by atoms with Crippen molar-refractivity contribution >= 4 is 38.5 Å². The van der Waals surface area contributed by atoms with Crippen LogP contribution in [0.3, 0.4) is 0 Å². The lowest BCUT2D eigenvalue weighted by Gasteiger charge is -2.35. The fourth-order valence-corrected chi connectivity index (χ4v) is 6.50. The number of anilines is 1. The average Bonchev–Trinajstić information content (AvgIpc) is 3.45. The van der Waals surface area contributed by atoms with Gasteiger partial charge in [-0.15, -0.1) is 11.3 Å². The summed E-state index contributed by atoms with van der Waals surface area (Å²) in [6.07, 6.45) is 3.14. The minimum absolute atomic E-state index is 0. The smallest absolute Gasteiger partial charge is 0.425 e. The molecular formula is C26H33N7O5S2. The lowest BCUT2D eigenvalue weighted by Crippen LogP contribution is -2.53. The van der Waals surface area contributed by atoms with Crippen LogP contribution in [0, 0.1) is 0 Å². The summed E-state index contributed by atoms with van der Waals surface area (Å²) >= 11 is 1.49. The van der Waals surface area contributed by atoms with Gasteiger partial charge < -0.3 is 15.2 Å². The molecule has 0 radical (unpaired) electrons. The van der Waals surface area contributed by atoms with Crippen LogP contribution in [0.25, 0.3) is 27.6 Å². The van der Waals surface area contributed by atoms with E-state index in [-0.39, 0.29) is 32.8 Å². The molecule has 1 aromatic carbocycles. The standard InChI is InChI=1S/C25H29N7O5S2.CH4/c1-25(2,3)37-24(34)32-12-5-11-30(39(32,35)36)13-10-27-22-26-9-8-19(28-22)21-20(17-6-4-7-18(33)16-17)29-23-31(21)14-15-38-23;/h4,6-9,14-16,33H,5,10-13H2,1-3H3,(H,26,27,28);1H4. The molecule has 0 spiro atoms. The first-order valence-electron chi connectivity index (χ1n) is 12.4. The highest BCUT2D eigenvalue weighted by molar-refractivity contribution is 7.87. The third kappa shape index (κ3) is 6.03. The van der Waals surface area contributed by atoms with Crippen LogP contribution >= 0.6 is 11.3 Å². The highest BCUT2D eigenvalue weighted by Gasteiger charge is 2.39. The van der Waals surface area contributed by atoms with Crippen LogP contribution in [0.2, 0.25) is 0 Å². The minimum Gasteiger partial charge on any atom is -0.508 e. The molecule has 0 saturated carbocycles. The van der Waals surface area contributed by atoms with Gasteiger partial charge in [0.05, 0.1) is 11.4 Å². The summed E-state index contributed by atoms with van der Waals surface area (Å²) in [6, 6.07) is 8.65. The summed E-state index contributed by atoms with van der Waals surface area (Å²) in [5.41, 5.74) is 1.97. The first-order valence-corrected chi connectivity index (χ1v) is 14.6. The van der Waals surface area contributed by atoms with Gasteiger partial charge in [-0.3, -0.25) is 4.40 Å². The zero-order valence-corrected chi connectivity index (χ0v) is 23.4. The Morgan fingerprint density at radius 2 is 2.00 bits per heavy atom. The molecule has 3 aromatic heterocycles. The predicted molar refractivity (Wildman–Crippen MR) is 154 cm³/mol. The van der Waals surface area contributed by atoms with E-state index < -0.39 is 21.9 Å². The number of carbonyl (C=O) groups is 1. The van der Waals surface area contributed by atoms with Crippen LogP contribution in [0.1, 0.15) is 34.6 Å². The number of aromatic hydroxyl groups is 1. The predicted octanol–water partition coefficient (Wildman–Crippen LogP) is 4.46. The third-order valence-electron chi connectivity index (χ3n) is 5.89. The van der Waals surface area contributed by atoms with Crippen molar-refractivity contribution in [2.75, 3.05) is 31.5 Å². The van der Waals surface area contributed by atoms with E-state index >= 15 is 0 Å². The number of imidazole rings is 1. The molecule has 0 aliphatic carbocycles. The Labute approximate surface area is 237 Å². The number of fused-ring (bicyclic) bond motifs is 1. The molecule has 1 amide bonds. The molecule has 2 N–H and O–H groups in total. The summed E-state index contributed by atoms with van der Waals surface area (Å²) in [4.78, 5) is 27.0. The largest absolute Gasteiger partial charge is 0.508 e. The zero-order valence-electron chi connectivity index (χ0n) is 21.7. The molecule has 214 valence electrons. The average molecular weight is 588 g/mol. The first kappa shape index (κ1) is 29.2. The molecule has 4 aromatic rings. The second-order valence-corrected chi connectivity index (χ2v) is 12.6. The van der Waals surface area contributed by atoms with Gasteiger partial charge in [0.1, 0.15) is 17.0 Å².